The van der Waals surface area contributed by atoms with E-state index in [0.29, 0.717) is 4.90 Å². The number of benzene rings is 1. The number of anilines is 1. The van der Waals surface area contributed by atoms with Gasteiger partial charge >= 0.3 is 12.0 Å². The Kier molecular flexibility index (Phi) is 5.19. The van der Waals surface area contributed by atoms with Crippen LogP contribution in [0.2, 0.25) is 0 Å². The second kappa shape index (κ2) is 6.85. The average Bonchev–Trinajstić information content (AvgIpc) is 2.39. The third-order valence-electron chi connectivity index (χ3n) is 2.30. The minimum Gasteiger partial charge on any atom is -0.480 e. The number of primary amides is 1. The van der Waals surface area contributed by atoms with Crippen molar-refractivity contribution in [2.24, 2.45) is 5.73 Å². The summed E-state index contributed by atoms with van der Waals surface area (Å²) in [5.41, 5.74) is 4.72. The van der Waals surface area contributed by atoms with Crippen LogP contribution < -0.4 is 11.1 Å². The number of hydrogen-bond donors (Lipinski definition) is 3. The van der Waals surface area contributed by atoms with E-state index in [2.05, 4.69) is 5.32 Å². The van der Waals surface area contributed by atoms with Gasteiger partial charge in [-0.25, -0.2) is 9.18 Å². The molecule has 0 bridgehead atoms. The van der Waals surface area contributed by atoms with Crippen LogP contribution in [0.3, 0.4) is 0 Å². The average molecular weight is 294 g/mol. The van der Waals surface area contributed by atoms with Gasteiger partial charge in [0.05, 0.1) is 5.56 Å². The van der Waals surface area contributed by atoms with Crippen molar-refractivity contribution in [1.82, 2.24) is 4.90 Å². The molecular formula is C12H11FN4O4. The first kappa shape index (κ1) is 15.9. The van der Waals surface area contributed by atoms with Crippen LogP contribution >= 0.6 is 0 Å². The van der Waals surface area contributed by atoms with Crippen molar-refractivity contribution in [3.8, 4) is 6.07 Å². The predicted octanol–water partition coefficient (Wildman–Crippen LogP) is 0.101. The Morgan fingerprint density at radius 2 is 2.05 bits per heavy atom. The molecule has 8 nitrogen and oxygen atoms in total. The van der Waals surface area contributed by atoms with Gasteiger partial charge in [0.2, 0.25) is 5.91 Å². The molecule has 1 aromatic rings. The fourth-order valence-electron chi connectivity index (χ4n) is 1.44. The fraction of sp³-hybridized carbons (Fsp3) is 0.167. The number of carbonyl (C=O) groups is 3. The third-order valence-corrected chi connectivity index (χ3v) is 2.30. The van der Waals surface area contributed by atoms with Gasteiger partial charge in [0.1, 0.15) is 25.0 Å². The van der Waals surface area contributed by atoms with E-state index in [0.717, 1.165) is 12.1 Å². The van der Waals surface area contributed by atoms with Gasteiger partial charge in [-0.05, 0) is 18.2 Å². The maximum atomic E-state index is 13.1. The summed E-state index contributed by atoms with van der Waals surface area (Å²) in [6.45, 7) is -1.33. The molecule has 0 saturated heterocycles. The Balaban J connectivity index is 2.88. The summed E-state index contributed by atoms with van der Waals surface area (Å²) in [5, 5.41) is 19.6. The molecule has 0 unspecified atom stereocenters. The van der Waals surface area contributed by atoms with Gasteiger partial charge in [-0.15, -0.1) is 0 Å². The lowest BCUT2D eigenvalue weighted by Gasteiger charge is -2.19. The molecule has 0 aliphatic rings. The molecule has 4 N–H and O–H groups in total. The van der Waals surface area contributed by atoms with Crippen LogP contribution in [0.1, 0.15) is 5.56 Å². The molecule has 0 aliphatic carbocycles. The molecule has 0 heterocycles. The number of carboxylic acid groups (broad SMARTS) is 1. The van der Waals surface area contributed by atoms with Crippen LogP contribution in [-0.2, 0) is 9.59 Å². The molecule has 0 aromatic heterocycles. The Labute approximate surface area is 118 Å². The quantitative estimate of drug-likeness (QED) is 0.707. The Hall–Kier alpha value is -3.15. The second-order valence-corrected chi connectivity index (χ2v) is 3.95. The number of urea groups is 1. The monoisotopic (exact) mass is 294 g/mol. The van der Waals surface area contributed by atoms with E-state index in [-0.39, 0.29) is 11.3 Å². The Bertz CT molecular complexity index is 610. The molecule has 1 aromatic carbocycles. The first-order valence-electron chi connectivity index (χ1n) is 5.59. The zero-order valence-electron chi connectivity index (χ0n) is 10.7. The highest BCUT2D eigenvalue weighted by Gasteiger charge is 2.19. The van der Waals surface area contributed by atoms with E-state index in [4.69, 9.17) is 16.1 Å². The number of nitriles is 1. The number of nitrogens with zero attached hydrogens (tertiary/aromatic N) is 2. The van der Waals surface area contributed by atoms with Crippen molar-refractivity contribution < 1.29 is 23.9 Å². The predicted molar refractivity (Wildman–Crippen MR) is 68.5 cm³/mol. The number of carboxylic acids is 1. The number of amides is 3. The van der Waals surface area contributed by atoms with E-state index in [1.54, 1.807) is 6.07 Å². The van der Waals surface area contributed by atoms with Gasteiger partial charge in [0.25, 0.3) is 0 Å². The van der Waals surface area contributed by atoms with Crippen molar-refractivity contribution >= 4 is 23.6 Å². The normalized spacial score (nSPS) is 9.52. The largest absolute Gasteiger partial charge is 0.480 e. The van der Waals surface area contributed by atoms with Crippen molar-refractivity contribution in [2.75, 3.05) is 18.4 Å². The molecule has 0 aliphatic heterocycles. The van der Waals surface area contributed by atoms with E-state index in [1.165, 1.54) is 6.07 Å². The molecule has 0 atom stereocenters. The highest BCUT2D eigenvalue weighted by molar-refractivity contribution is 5.94. The van der Waals surface area contributed by atoms with Crippen molar-refractivity contribution in [1.29, 1.82) is 5.26 Å². The highest BCUT2D eigenvalue weighted by Crippen LogP contribution is 2.14. The molecule has 9 heteroatoms. The maximum Gasteiger partial charge on any atom is 0.323 e. The van der Waals surface area contributed by atoms with E-state index in [9.17, 15) is 18.8 Å². The molecule has 110 valence electrons. The van der Waals surface area contributed by atoms with Crippen LogP contribution in [-0.4, -0.2) is 41.0 Å². The third kappa shape index (κ3) is 4.79. The van der Waals surface area contributed by atoms with Gasteiger partial charge in [-0.1, -0.05) is 0 Å². The molecule has 0 spiro atoms. The van der Waals surface area contributed by atoms with Crippen LogP contribution in [0.5, 0.6) is 0 Å². The number of nitrogens with one attached hydrogen (secondary N) is 1. The molecule has 1 rings (SSSR count). The summed E-state index contributed by atoms with van der Waals surface area (Å²) in [6.07, 6.45) is 0. The fourth-order valence-corrected chi connectivity index (χ4v) is 1.44. The lowest BCUT2D eigenvalue weighted by molar-refractivity contribution is -0.137. The number of aliphatic carboxylic acids is 1. The number of rotatable bonds is 5. The van der Waals surface area contributed by atoms with Crippen molar-refractivity contribution in [3.05, 3.63) is 29.6 Å². The zero-order chi connectivity index (χ0) is 16.0. The molecule has 0 radical (unpaired) electrons. The van der Waals surface area contributed by atoms with Gasteiger partial charge in [0.15, 0.2) is 0 Å². The topological polar surface area (TPSA) is 137 Å². The lowest BCUT2D eigenvalue weighted by atomic mass is 10.2. The number of carbonyl (C=O) groups excluding carboxylic acids is 2. The summed E-state index contributed by atoms with van der Waals surface area (Å²) in [6, 6.07) is 3.93. The number of halogens is 1. The SMILES string of the molecule is N#Cc1cc(NC(=O)N(CC(N)=O)CC(=O)O)ccc1F. The number of nitrogens with two attached hydrogens (primary N) is 1. The van der Waals surface area contributed by atoms with Crippen molar-refractivity contribution in [3.63, 3.8) is 0 Å². The van der Waals surface area contributed by atoms with E-state index >= 15 is 0 Å². The first-order chi connectivity index (χ1) is 9.83. The van der Waals surface area contributed by atoms with Crippen molar-refractivity contribution in [2.45, 2.75) is 0 Å². The summed E-state index contributed by atoms with van der Waals surface area (Å²) < 4.78 is 13.1. The van der Waals surface area contributed by atoms with Gasteiger partial charge in [-0.3, -0.25) is 9.59 Å². The Morgan fingerprint density at radius 1 is 1.38 bits per heavy atom. The zero-order valence-corrected chi connectivity index (χ0v) is 10.7. The summed E-state index contributed by atoms with van der Waals surface area (Å²) >= 11 is 0. The minimum atomic E-state index is -1.33. The van der Waals surface area contributed by atoms with E-state index in [1.807, 2.05) is 0 Å². The van der Waals surface area contributed by atoms with Gasteiger partial charge in [-0.2, -0.15) is 5.26 Å². The smallest absolute Gasteiger partial charge is 0.323 e. The first-order valence-corrected chi connectivity index (χ1v) is 5.59. The molecule has 0 fully saturated rings. The molecular weight excluding hydrogens is 283 g/mol. The van der Waals surface area contributed by atoms with Crippen LogP contribution in [0.25, 0.3) is 0 Å². The van der Waals surface area contributed by atoms with Crippen LogP contribution in [0, 0.1) is 17.1 Å². The molecule has 0 saturated carbocycles. The molecule has 3 amide bonds. The molecule has 21 heavy (non-hydrogen) atoms. The van der Waals surface area contributed by atoms with Gasteiger partial charge < -0.3 is 21.1 Å². The van der Waals surface area contributed by atoms with Crippen LogP contribution in [0.15, 0.2) is 18.2 Å². The summed E-state index contributed by atoms with van der Waals surface area (Å²) in [5.74, 6) is -2.97. The number of hydrogen-bond acceptors (Lipinski definition) is 4. The van der Waals surface area contributed by atoms with Gasteiger partial charge in [0, 0.05) is 5.69 Å². The summed E-state index contributed by atoms with van der Waals surface area (Å²) in [4.78, 5) is 33.9. The Morgan fingerprint density at radius 3 is 2.57 bits per heavy atom. The van der Waals surface area contributed by atoms with E-state index < -0.39 is 36.8 Å². The summed E-state index contributed by atoms with van der Waals surface area (Å²) in [7, 11) is 0. The van der Waals surface area contributed by atoms with Crippen LogP contribution in [0.4, 0.5) is 14.9 Å². The minimum absolute atomic E-state index is 0.0813. The maximum absolute atomic E-state index is 13.1. The second-order valence-electron chi connectivity index (χ2n) is 3.95. The highest BCUT2D eigenvalue weighted by atomic mass is 19.1. The standard InChI is InChI=1S/C12H11FN4O4/c13-9-2-1-8(3-7(9)4-14)16-12(21)17(5-10(15)18)6-11(19)20/h1-3H,5-6H2,(H2,15,18)(H,16,21)(H,19,20). The lowest BCUT2D eigenvalue weighted by Crippen LogP contribution is -2.43.